The Balaban J connectivity index is 1.73. The van der Waals surface area contributed by atoms with Gasteiger partial charge in [0.25, 0.3) is 0 Å². The molecule has 3 aromatic heterocycles. The third-order valence-corrected chi connectivity index (χ3v) is 3.81. The fraction of sp³-hybridized carbons (Fsp3) is 0.118. The van der Waals surface area contributed by atoms with E-state index in [2.05, 4.69) is 25.6 Å². The van der Waals surface area contributed by atoms with Gasteiger partial charge in [-0.25, -0.2) is 9.37 Å². The van der Waals surface area contributed by atoms with Crippen LogP contribution in [0.1, 0.15) is 11.3 Å². The molecule has 1 aromatic carbocycles. The van der Waals surface area contributed by atoms with Crippen LogP contribution in [0.25, 0.3) is 10.9 Å². The van der Waals surface area contributed by atoms with Crippen molar-refractivity contribution in [3.8, 4) is 0 Å². The largest absolute Gasteiger partial charge is 0.338 e. The van der Waals surface area contributed by atoms with E-state index in [1.165, 1.54) is 6.07 Å². The molecule has 0 fully saturated rings. The topological polar surface area (TPSA) is 71.4 Å². The van der Waals surface area contributed by atoms with Gasteiger partial charge in [0.2, 0.25) is 0 Å². The number of nitrogens with zero attached hydrogens (tertiary/aromatic N) is 4. The smallest absolute Gasteiger partial charge is 0.132 e. The molecule has 0 atom stereocenters. The molecule has 0 radical (unpaired) electrons. The summed E-state index contributed by atoms with van der Waals surface area (Å²) in [5, 5.41) is 15.2. The highest BCUT2D eigenvalue weighted by Crippen LogP contribution is 2.24. The Morgan fingerprint density at radius 1 is 1.25 bits per heavy atom. The van der Waals surface area contributed by atoms with E-state index >= 15 is 0 Å². The predicted molar refractivity (Wildman–Crippen MR) is 89.6 cm³/mol. The van der Waals surface area contributed by atoms with Crippen molar-refractivity contribution in [2.45, 2.75) is 6.42 Å². The number of aryl methyl sites for hydroxylation is 1. The normalized spacial score (nSPS) is 11.1. The molecule has 4 aromatic rings. The molecule has 4 rings (SSSR count). The fourth-order valence-electron chi connectivity index (χ4n) is 2.67. The van der Waals surface area contributed by atoms with Gasteiger partial charge in [-0.15, -0.1) is 0 Å². The van der Waals surface area contributed by atoms with Gasteiger partial charge >= 0.3 is 0 Å². The Bertz CT molecular complexity index is 1000. The average Bonchev–Trinajstić information content (AvgIpc) is 3.18. The molecule has 0 saturated heterocycles. The molecular formula is C17H15FN6. The van der Waals surface area contributed by atoms with Crippen LogP contribution in [-0.2, 0) is 13.5 Å². The fourth-order valence-corrected chi connectivity index (χ4v) is 2.67. The molecule has 0 amide bonds. The zero-order valence-electron chi connectivity index (χ0n) is 13.0. The highest BCUT2D eigenvalue weighted by molar-refractivity contribution is 5.83. The minimum absolute atomic E-state index is 0.235. The molecular weight excluding hydrogens is 307 g/mol. The number of anilines is 2. The maximum atomic E-state index is 14.0. The summed E-state index contributed by atoms with van der Waals surface area (Å²) in [5.74, 6) is 0.424. The van der Waals surface area contributed by atoms with Gasteiger partial charge < -0.3 is 5.32 Å². The molecule has 0 bridgehead atoms. The van der Waals surface area contributed by atoms with E-state index in [0.717, 1.165) is 22.3 Å². The van der Waals surface area contributed by atoms with E-state index in [0.29, 0.717) is 17.8 Å². The summed E-state index contributed by atoms with van der Waals surface area (Å²) in [6.07, 6.45) is 5.68. The molecule has 24 heavy (non-hydrogen) atoms. The van der Waals surface area contributed by atoms with Crippen LogP contribution in [-0.4, -0.2) is 25.0 Å². The molecule has 2 N–H and O–H groups in total. The minimum Gasteiger partial charge on any atom is -0.338 e. The number of halogens is 1. The number of hydrogen-bond acceptors (Lipinski definition) is 4. The predicted octanol–water partition coefficient (Wildman–Crippen LogP) is 3.16. The SMILES string of the molecule is Cn1cc(Nc2cc3[nH]ncc3c(Cc3ccccc3F)n2)cn1. The second-order valence-corrected chi connectivity index (χ2v) is 5.58. The number of hydrogen-bond donors (Lipinski definition) is 2. The van der Waals surface area contributed by atoms with Crippen molar-refractivity contribution in [2.75, 3.05) is 5.32 Å². The lowest BCUT2D eigenvalue weighted by molar-refractivity contribution is 0.613. The Morgan fingerprint density at radius 2 is 2.12 bits per heavy atom. The van der Waals surface area contributed by atoms with Crippen molar-refractivity contribution in [3.05, 3.63) is 66.0 Å². The van der Waals surface area contributed by atoms with E-state index in [1.807, 2.05) is 25.4 Å². The maximum Gasteiger partial charge on any atom is 0.132 e. The summed E-state index contributed by atoms with van der Waals surface area (Å²) in [4.78, 5) is 4.64. The van der Waals surface area contributed by atoms with Gasteiger partial charge in [0.15, 0.2) is 0 Å². The second kappa shape index (κ2) is 5.77. The molecule has 0 aliphatic carbocycles. The van der Waals surface area contributed by atoms with Crippen LogP contribution in [0, 0.1) is 5.82 Å². The van der Waals surface area contributed by atoms with Gasteiger partial charge in [-0.05, 0) is 11.6 Å². The van der Waals surface area contributed by atoms with Crippen molar-refractivity contribution in [3.63, 3.8) is 0 Å². The van der Waals surface area contributed by atoms with E-state index < -0.39 is 0 Å². The Hall–Kier alpha value is -3.22. The van der Waals surface area contributed by atoms with Gasteiger partial charge in [-0.1, -0.05) is 18.2 Å². The van der Waals surface area contributed by atoms with Crippen molar-refractivity contribution < 1.29 is 4.39 Å². The third-order valence-electron chi connectivity index (χ3n) is 3.81. The number of nitrogens with one attached hydrogen (secondary N) is 2. The van der Waals surface area contributed by atoms with Gasteiger partial charge in [0, 0.05) is 31.1 Å². The summed E-state index contributed by atoms with van der Waals surface area (Å²) < 4.78 is 15.7. The number of aromatic amines is 1. The van der Waals surface area contributed by atoms with Crippen molar-refractivity contribution in [2.24, 2.45) is 7.05 Å². The van der Waals surface area contributed by atoms with E-state index in [9.17, 15) is 4.39 Å². The lowest BCUT2D eigenvalue weighted by Gasteiger charge is -2.08. The number of fused-ring (bicyclic) bond motifs is 1. The van der Waals surface area contributed by atoms with E-state index in [4.69, 9.17) is 0 Å². The molecule has 0 spiro atoms. The Kier molecular flexibility index (Phi) is 3.45. The van der Waals surface area contributed by atoms with E-state index in [-0.39, 0.29) is 5.82 Å². The summed E-state index contributed by atoms with van der Waals surface area (Å²) in [6.45, 7) is 0. The Labute approximate surface area is 137 Å². The summed E-state index contributed by atoms with van der Waals surface area (Å²) in [7, 11) is 1.85. The zero-order valence-corrected chi connectivity index (χ0v) is 13.0. The number of rotatable bonds is 4. The maximum absolute atomic E-state index is 14.0. The van der Waals surface area contributed by atoms with Crippen molar-refractivity contribution in [1.82, 2.24) is 25.0 Å². The summed E-state index contributed by atoms with van der Waals surface area (Å²) >= 11 is 0. The molecule has 3 heterocycles. The van der Waals surface area contributed by atoms with Crippen LogP contribution in [0.2, 0.25) is 0 Å². The van der Waals surface area contributed by atoms with Gasteiger partial charge in [-0.2, -0.15) is 10.2 Å². The first-order valence-electron chi connectivity index (χ1n) is 7.51. The number of benzene rings is 1. The van der Waals surface area contributed by atoms with Gasteiger partial charge in [0.05, 0.1) is 29.3 Å². The summed E-state index contributed by atoms with van der Waals surface area (Å²) in [5.41, 5.74) is 3.05. The monoisotopic (exact) mass is 322 g/mol. The second-order valence-electron chi connectivity index (χ2n) is 5.58. The van der Waals surface area contributed by atoms with E-state index in [1.54, 1.807) is 29.2 Å². The van der Waals surface area contributed by atoms with Crippen LogP contribution >= 0.6 is 0 Å². The average molecular weight is 322 g/mol. The molecule has 0 unspecified atom stereocenters. The quantitative estimate of drug-likeness (QED) is 0.605. The zero-order chi connectivity index (χ0) is 16.5. The summed E-state index contributed by atoms with van der Waals surface area (Å²) in [6, 6.07) is 8.60. The highest BCUT2D eigenvalue weighted by Gasteiger charge is 2.11. The number of H-pyrrole nitrogens is 1. The molecule has 0 saturated carbocycles. The standard InChI is InChI=1S/C17H15FN6/c1-24-10-12(8-20-24)21-17-7-16-13(9-19-23-16)15(22-17)6-11-4-2-3-5-14(11)18/h2-5,7-10H,6H2,1H3,(H,19,23)(H,21,22). The van der Waals surface area contributed by atoms with Crippen LogP contribution in [0.15, 0.2) is 48.9 Å². The number of pyridine rings is 1. The van der Waals surface area contributed by atoms with Crippen LogP contribution in [0.5, 0.6) is 0 Å². The first-order valence-corrected chi connectivity index (χ1v) is 7.51. The first kappa shape index (κ1) is 14.4. The van der Waals surface area contributed by atoms with Crippen LogP contribution < -0.4 is 5.32 Å². The molecule has 120 valence electrons. The number of aromatic nitrogens is 5. The lowest BCUT2D eigenvalue weighted by Crippen LogP contribution is -2.00. The van der Waals surface area contributed by atoms with Crippen LogP contribution in [0.3, 0.4) is 0 Å². The molecule has 0 aliphatic heterocycles. The Morgan fingerprint density at radius 3 is 2.92 bits per heavy atom. The van der Waals surface area contributed by atoms with Crippen molar-refractivity contribution in [1.29, 1.82) is 0 Å². The van der Waals surface area contributed by atoms with Crippen LogP contribution in [0.4, 0.5) is 15.9 Å². The third kappa shape index (κ3) is 2.71. The van der Waals surface area contributed by atoms with Crippen molar-refractivity contribution >= 4 is 22.4 Å². The molecule has 7 heteroatoms. The highest BCUT2D eigenvalue weighted by atomic mass is 19.1. The lowest BCUT2D eigenvalue weighted by atomic mass is 10.1. The minimum atomic E-state index is -0.235. The molecule has 0 aliphatic rings. The first-order chi connectivity index (χ1) is 11.7. The molecule has 6 nitrogen and oxygen atoms in total. The van der Waals surface area contributed by atoms with Gasteiger partial charge in [0.1, 0.15) is 11.6 Å². The van der Waals surface area contributed by atoms with Gasteiger partial charge in [-0.3, -0.25) is 9.78 Å².